The summed E-state index contributed by atoms with van der Waals surface area (Å²) in [5, 5.41) is 18.3. The van der Waals surface area contributed by atoms with E-state index in [1.54, 1.807) is 6.07 Å². The Morgan fingerprint density at radius 3 is 2.29 bits per heavy atom. The molecule has 0 atom stereocenters. The Kier molecular flexibility index (Phi) is 4.77. The molecule has 0 saturated carbocycles. The predicted octanol–water partition coefficient (Wildman–Crippen LogP) is 1.23. The summed E-state index contributed by atoms with van der Waals surface area (Å²) in [5.74, 6) is -0.978. The zero-order chi connectivity index (χ0) is 15.4. The second-order valence-electron chi connectivity index (χ2n) is 4.34. The molecule has 0 fully saturated rings. The van der Waals surface area contributed by atoms with Gasteiger partial charge in [0.05, 0.1) is 7.11 Å². The van der Waals surface area contributed by atoms with E-state index in [9.17, 15) is 8.78 Å². The summed E-state index contributed by atoms with van der Waals surface area (Å²) in [6, 6.07) is 7.39. The molecule has 2 rings (SSSR count). The van der Waals surface area contributed by atoms with Gasteiger partial charge in [-0.3, -0.25) is 0 Å². The lowest BCUT2D eigenvalue weighted by molar-refractivity contribution is 0.293. The van der Waals surface area contributed by atoms with Crippen LogP contribution in [0.4, 0.5) is 8.78 Å². The molecule has 0 aliphatic heterocycles. The normalized spacial score (nSPS) is 10.3. The van der Waals surface area contributed by atoms with Gasteiger partial charge >= 0.3 is 7.12 Å². The topological polar surface area (TPSA) is 58.9 Å². The van der Waals surface area contributed by atoms with Gasteiger partial charge in [0.2, 0.25) is 0 Å². The zero-order valence-corrected chi connectivity index (χ0v) is 11.2. The summed E-state index contributed by atoms with van der Waals surface area (Å²) in [6.07, 6.45) is 0. The van der Waals surface area contributed by atoms with E-state index in [1.807, 2.05) is 0 Å². The second-order valence-corrected chi connectivity index (χ2v) is 4.34. The van der Waals surface area contributed by atoms with E-state index in [0.717, 1.165) is 18.2 Å². The van der Waals surface area contributed by atoms with Crippen LogP contribution in [0.5, 0.6) is 11.5 Å². The maximum atomic E-state index is 13.1. The maximum absolute atomic E-state index is 13.1. The number of hydrogen-bond donors (Lipinski definition) is 2. The zero-order valence-electron chi connectivity index (χ0n) is 11.2. The van der Waals surface area contributed by atoms with Crippen molar-refractivity contribution in [3.05, 3.63) is 53.6 Å². The second kappa shape index (κ2) is 6.56. The highest BCUT2D eigenvalue weighted by molar-refractivity contribution is 6.58. The Morgan fingerprint density at radius 1 is 1.05 bits per heavy atom. The quantitative estimate of drug-likeness (QED) is 0.814. The minimum Gasteiger partial charge on any atom is -0.496 e. The molecule has 4 nitrogen and oxygen atoms in total. The molecule has 0 amide bonds. The van der Waals surface area contributed by atoms with Crippen molar-refractivity contribution >= 4 is 12.6 Å². The third-order valence-corrected chi connectivity index (χ3v) is 2.83. The Morgan fingerprint density at radius 2 is 1.71 bits per heavy atom. The summed E-state index contributed by atoms with van der Waals surface area (Å²) in [7, 11) is -0.170. The minimum absolute atomic E-state index is 0.0319. The van der Waals surface area contributed by atoms with E-state index in [0.29, 0.717) is 11.3 Å². The summed E-state index contributed by atoms with van der Waals surface area (Å²) < 4.78 is 36.5. The first-order valence-corrected chi connectivity index (χ1v) is 6.11. The third kappa shape index (κ3) is 3.93. The predicted molar refractivity (Wildman–Crippen MR) is 73.5 cm³/mol. The average molecular weight is 294 g/mol. The lowest BCUT2D eigenvalue weighted by Crippen LogP contribution is -2.30. The molecular weight excluding hydrogens is 281 g/mol. The van der Waals surface area contributed by atoms with Crippen LogP contribution >= 0.6 is 0 Å². The fourth-order valence-electron chi connectivity index (χ4n) is 1.84. The van der Waals surface area contributed by atoms with Crippen LogP contribution in [0.15, 0.2) is 36.4 Å². The number of rotatable bonds is 5. The fraction of sp³-hybridized carbons (Fsp3) is 0.143. The molecule has 21 heavy (non-hydrogen) atoms. The van der Waals surface area contributed by atoms with Gasteiger partial charge in [-0.15, -0.1) is 0 Å². The summed E-state index contributed by atoms with van der Waals surface area (Å²) in [5.41, 5.74) is 0.785. The fourth-order valence-corrected chi connectivity index (χ4v) is 1.84. The number of halogens is 2. The smallest absolute Gasteiger partial charge is 0.488 e. The number of methoxy groups -OCH3 is 1. The van der Waals surface area contributed by atoms with E-state index in [2.05, 4.69) is 0 Å². The molecule has 2 aromatic rings. The van der Waals surface area contributed by atoms with Gasteiger partial charge in [-0.1, -0.05) is 12.1 Å². The molecule has 0 aliphatic carbocycles. The van der Waals surface area contributed by atoms with Crippen molar-refractivity contribution in [3.63, 3.8) is 0 Å². The number of hydrogen-bond acceptors (Lipinski definition) is 4. The first kappa shape index (κ1) is 15.3. The molecular formula is C14H13BF2O4. The van der Waals surface area contributed by atoms with E-state index < -0.39 is 18.8 Å². The van der Waals surface area contributed by atoms with Crippen molar-refractivity contribution in [2.75, 3.05) is 7.11 Å². The van der Waals surface area contributed by atoms with Crippen LogP contribution in [0, 0.1) is 11.6 Å². The molecule has 7 heteroatoms. The van der Waals surface area contributed by atoms with Crippen LogP contribution < -0.4 is 14.9 Å². The van der Waals surface area contributed by atoms with Gasteiger partial charge in [0.1, 0.15) is 29.7 Å². The van der Waals surface area contributed by atoms with Crippen LogP contribution in [-0.2, 0) is 6.61 Å². The Labute approximate surface area is 120 Å². The summed E-state index contributed by atoms with van der Waals surface area (Å²) >= 11 is 0. The van der Waals surface area contributed by atoms with Crippen LogP contribution in [0.3, 0.4) is 0 Å². The molecule has 2 N–H and O–H groups in total. The lowest BCUT2D eigenvalue weighted by Gasteiger charge is -2.12. The van der Waals surface area contributed by atoms with Gasteiger partial charge in [-0.2, -0.15) is 0 Å². The van der Waals surface area contributed by atoms with Crippen molar-refractivity contribution in [1.29, 1.82) is 0 Å². The monoisotopic (exact) mass is 294 g/mol. The highest BCUT2D eigenvalue weighted by atomic mass is 19.1. The van der Waals surface area contributed by atoms with Crippen LogP contribution in [0.2, 0.25) is 0 Å². The van der Waals surface area contributed by atoms with Crippen molar-refractivity contribution in [1.82, 2.24) is 0 Å². The van der Waals surface area contributed by atoms with Crippen molar-refractivity contribution in [2.45, 2.75) is 6.61 Å². The Hall–Kier alpha value is -2.12. The molecule has 0 aromatic heterocycles. The summed E-state index contributed by atoms with van der Waals surface area (Å²) in [4.78, 5) is 0. The van der Waals surface area contributed by atoms with E-state index >= 15 is 0 Å². The molecule has 0 aliphatic rings. The molecule has 2 aromatic carbocycles. The van der Waals surface area contributed by atoms with Gasteiger partial charge in [-0.05, 0) is 11.5 Å². The standard InChI is InChI=1S/C14H13BF2O4/c1-20-14-3-2-10(15(18)19)4-9(14)8-21-13-6-11(16)5-12(17)7-13/h2-7,18-19H,8H2,1H3. The molecule has 110 valence electrons. The Balaban J connectivity index is 2.20. The molecule has 0 heterocycles. The Bertz CT molecular complexity index is 614. The third-order valence-electron chi connectivity index (χ3n) is 2.83. The number of ether oxygens (including phenoxy) is 2. The SMILES string of the molecule is COc1ccc(B(O)O)cc1COc1cc(F)cc(F)c1. The first-order valence-electron chi connectivity index (χ1n) is 6.11. The van der Waals surface area contributed by atoms with Gasteiger partial charge in [0, 0.05) is 23.8 Å². The maximum Gasteiger partial charge on any atom is 0.488 e. The highest BCUT2D eigenvalue weighted by Crippen LogP contribution is 2.21. The van der Waals surface area contributed by atoms with E-state index in [1.165, 1.54) is 19.2 Å². The first-order chi connectivity index (χ1) is 9.99. The van der Waals surface area contributed by atoms with Gasteiger partial charge in [0.15, 0.2) is 0 Å². The van der Waals surface area contributed by atoms with Crippen LogP contribution in [0.25, 0.3) is 0 Å². The van der Waals surface area contributed by atoms with Crippen LogP contribution in [0.1, 0.15) is 5.56 Å². The van der Waals surface area contributed by atoms with Crippen molar-refractivity contribution in [2.24, 2.45) is 0 Å². The number of benzene rings is 2. The molecule has 0 spiro atoms. The molecule has 0 saturated heterocycles. The lowest BCUT2D eigenvalue weighted by atomic mass is 9.79. The van der Waals surface area contributed by atoms with Gasteiger partial charge < -0.3 is 19.5 Å². The molecule has 0 radical (unpaired) electrons. The van der Waals surface area contributed by atoms with Crippen LogP contribution in [-0.4, -0.2) is 24.3 Å². The van der Waals surface area contributed by atoms with Crippen molar-refractivity contribution in [3.8, 4) is 11.5 Å². The largest absolute Gasteiger partial charge is 0.496 e. The van der Waals surface area contributed by atoms with E-state index in [4.69, 9.17) is 19.5 Å². The minimum atomic E-state index is -1.62. The molecule has 0 bridgehead atoms. The highest BCUT2D eigenvalue weighted by Gasteiger charge is 2.14. The van der Waals surface area contributed by atoms with Gasteiger partial charge in [0.25, 0.3) is 0 Å². The summed E-state index contributed by atoms with van der Waals surface area (Å²) in [6.45, 7) is -0.0351. The molecule has 0 unspecified atom stereocenters. The van der Waals surface area contributed by atoms with Crippen molar-refractivity contribution < 1.29 is 28.3 Å². The van der Waals surface area contributed by atoms with Gasteiger partial charge in [-0.25, -0.2) is 8.78 Å². The van der Waals surface area contributed by atoms with E-state index in [-0.39, 0.29) is 17.8 Å². The average Bonchev–Trinajstić information content (AvgIpc) is 2.43.